The van der Waals surface area contributed by atoms with Crippen molar-refractivity contribution in [1.29, 1.82) is 0 Å². The molecule has 0 amide bonds. The highest BCUT2D eigenvalue weighted by Gasteiger charge is 2.40. The zero-order valence-corrected chi connectivity index (χ0v) is 14.9. The lowest BCUT2D eigenvalue weighted by Gasteiger charge is -2.32. The Labute approximate surface area is 157 Å². The largest absolute Gasteiger partial charge is 0.292 e. The molecular formula is C22H20N4O. The number of fused-ring (bicyclic) bond motifs is 1. The van der Waals surface area contributed by atoms with E-state index in [2.05, 4.69) is 26.2 Å². The number of aromatic nitrogens is 4. The minimum absolute atomic E-state index is 0.143. The Morgan fingerprint density at radius 2 is 1.74 bits per heavy atom. The summed E-state index contributed by atoms with van der Waals surface area (Å²) in [5.41, 5.74) is 3.88. The molecule has 5 rings (SSSR count). The number of nitrogens with zero attached hydrogens (tertiary/aromatic N) is 3. The van der Waals surface area contributed by atoms with Crippen molar-refractivity contribution in [3.8, 4) is 0 Å². The summed E-state index contributed by atoms with van der Waals surface area (Å²) in [5, 5.41) is 7.51. The van der Waals surface area contributed by atoms with Gasteiger partial charge in [0.2, 0.25) is 0 Å². The highest BCUT2D eigenvalue weighted by molar-refractivity contribution is 6.00. The average Bonchev–Trinajstić information content (AvgIpc) is 3.11. The number of nitrogens with one attached hydrogen (secondary N) is 1. The van der Waals surface area contributed by atoms with Crippen molar-refractivity contribution in [3.05, 3.63) is 83.2 Å². The first-order valence-corrected chi connectivity index (χ1v) is 9.42. The van der Waals surface area contributed by atoms with Crippen LogP contribution < -0.4 is 0 Å². The van der Waals surface area contributed by atoms with Crippen molar-refractivity contribution in [1.82, 2.24) is 20.2 Å². The van der Waals surface area contributed by atoms with E-state index in [9.17, 15) is 4.79 Å². The van der Waals surface area contributed by atoms with Crippen LogP contribution in [0.4, 0.5) is 0 Å². The van der Waals surface area contributed by atoms with Crippen molar-refractivity contribution in [2.24, 2.45) is 5.92 Å². The van der Waals surface area contributed by atoms with Gasteiger partial charge in [0, 0.05) is 36.0 Å². The lowest BCUT2D eigenvalue weighted by atomic mass is 9.72. The van der Waals surface area contributed by atoms with E-state index in [-0.39, 0.29) is 11.7 Å². The van der Waals surface area contributed by atoms with E-state index in [1.54, 1.807) is 0 Å². The molecule has 0 unspecified atom stereocenters. The summed E-state index contributed by atoms with van der Waals surface area (Å²) >= 11 is 0. The molecule has 5 nitrogen and oxygen atoms in total. The fourth-order valence-corrected chi connectivity index (χ4v) is 4.05. The van der Waals surface area contributed by atoms with Gasteiger partial charge in [0.05, 0.1) is 16.8 Å². The van der Waals surface area contributed by atoms with Crippen LogP contribution in [0.3, 0.4) is 0 Å². The van der Waals surface area contributed by atoms with Crippen molar-refractivity contribution < 1.29 is 4.79 Å². The Hall–Kier alpha value is -3.08. The number of ketones is 1. The summed E-state index contributed by atoms with van der Waals surface area (Å²) in [5.74, 6) is 0.315. The van der Waals surface area contributed by atoms with Gasteiger partial charge in [-0.15, -0.1) is 0 Å². The van der Waals surface area contributed by atoms with Crippen LogP contribution in [0.5, 0.6) is 0 Å². The zero-order valence-electron chi connectivity index (χ0n) is 14.9. The summed E-state index contributed by atoms with van der Waals surface area (Å²) in [6.45, 7) is 0. The molecule has 0 aromatic carbocycles. The molecule has 1 saturated carbocycles. The first-order chi connectivity index (χ1) is 13.3. The van der Waals surface area contributed by atoms with Crippen molar-refractivity contribution in [2.45, 2.75) is 31.1 Å². The van der Waals surface area contributed by atoms with Gasteiger partial charge in [0.1, 0.15) is 5.69 Å². The van der Waals surface area contributed by atoms with E-state index in [1.165, 1.54) is 0 Å². The fourth-order valence-electron chi connectivity index (χ4n) is 4.05. The molecule has 2 aliphatic rings. The van der Waals surface area contributed by atoms with Crippen LogP contribution in [0.25, 0.3) is 6.08 Å². The Bertz CT molecular complexity index is 964. The van der Waals surface area contributed by atoms with Gasteiger partial charge in [-0.2, -0.15) is 5.10 Å². The van der Waals surface area contributed by atoms with Crippen LogP contribution in [-0.2, 0) is 11.8 Å². The maximum absolute atomic E-state index is 12.7. The minimum Gasteiger partial charge on any atom is -0.292 e. The average molecular weight is 356 g/mol. The SMILES string of the molecule is O=C(c1n[nH]c2c1C=CC(c1ccccn1)(c1ccccn1)C2)C1CCC1. The van der Waals surface area contributed by atoms with E-state index in [0.717, 1.165) is 41.9 Å². The lowest BCUT2D eigenvalue weighted by Crippen LogP contribution is -2.32. The van der Waals surface area contributed by atoms with Crippen molar-refractivity contribution in [3.63, 3.8) is 0 Å². The minimum atomic E-state index is -0.473. The van der Waals surface area contributed by atoms with Gasteiger partial charge in [-0.1, -0.05) is 30.7 Å². The van der Waals surface area contributed by atoms with Gasteiger partial charge in [-0.05, 0) is 37.1 Å². The molecule has 2 aliphatic carbocycles. The second-order valence-corrected chi connectivity index (χ2v) is 7.37. The number of Topliss-reactive ketones (excluding diaryl/α,β-unsaturated/α-hetero) is 1. The van der Waals surface area contributed by atoms with Crippen LogP contribution in [0.1, 0.15) is 52.4 Å². The fraction of sp³-hybridized carbons (Fsp3) is 0.273. The van der Waals surface area contributed by atoms with Crippen LogP contribution in [0.2, 0.25) is 0 Å². The second-order valence-electron chi connectivity index (χ2n) is 7.37. The van der Waals surface area contributed by atoms with Gasteiger partial charge in [0.15, 0.2) is 5.78 Å². The second kappa shape index (κ2) is 6.27. The van der Waals surface area contributed by atoms with Gasteiger partial charge in [0.25, 0.3) is 0 Å². The quantitative estimate of drug-likeness (QED) is 0.723. The number of rotatable bonds is 4. The molecule has 5 heteroatoms. The molecule has 1 N–H and O–H groups in total. The lowest BCUT2D eigenvalue weighted by molar-refractivity contribution is 0.0849. The molecule has 1 fully saturated rings. The molecule has 134 valence electrons. The normalized spacial score (nSPS) is 17.9. The van der Waals surface area contributed by atoms with Crippen LogP contribution in [0, 0.1) is 5.92 Å². The number of H-pyrrole nitrogens is 1. The highest BCUT2D eigenvalue weighted by Crippen LogP contribution is 2.40. The van der Waals surface area contributed by atoms with Crippen LogP contribution >= 0.6 is 0 Å². The van der Waals surface area contributed by atoms with E-state index >= 15 is 0 Å². The number of hydrogen-bond donors (Lipinski definition) is 1. The Kier molecular flexibility index (Phi) is 3.74. The maximum Gasteiger partial charge on any atom is 0.186 e. The molecule has 0 atom stereocenters. The van der Waals surface area contributed by atoms with E-state index in [0.29, 0.717) is 12.1 Å². The smallest absolute Gasteiger partial charge is 0.186 e. The first kappa shape index (κ1) is 16.1. The molecule has 0 spiro atoms. The summed E-state index contributed by atoms with van der Waals surface area (Å²) in [6.07, 6.45) is 11.5. The summed E-state index contributed by atoms with van der Waals surface area (Å²) in [4.78, 5) is 22.0. The molecule has 3 aromatic rings. The predicted molar refractivity (Wildman–Crippen MR) is 102 cm³/mol. The Morgan fingerprint density at radius 1 is 1.04 bits per heavy atom. The predicted octanol–water partition coefficient (Wildman–Crippen LogP) is 3.74. The third kappa shape index (κ3) is 2.53. The zero-order chi connectivity index (χ0) is 18.3. The van der Waals surface area contributed by atoms with E-state index < -0.39 is 5.41 Å². The third-order valence-electron chi connectivity index (χ3n) is 5.83. The summed E-state index contributed by atoms with van der Waals surface area (Å²) in [7, 11) is 0. The summed E-state index contributed by atoms with van der Waals surface area (Å²) in [6, 6.07) is 11.9. The molecule has 0 bridgehead atoms. The molecule has 3 heterocycles. The van der Waals surface area contributed by atoms with Crippen LogP contribution in [-0.4, -0.2) is 25.9 Å². The summed E-state index contributed by atoms with van der Waals surface area (Å²) < 4.78 is 0. The van der Waals surface area contributed by atoms with E-state index in [4.69, 9.17) is 0 Å². The first-order valence-electron chi connectivity index (χ1n) is 9.42. The van der Waals surface area contributed by atoms with E-state index in [1.807, 2.05) is 54.9 Å². The van der Waals surface area contributed by atoms with Gasteiger partial charge < -0.3 is 0 Å². The number of aromatic amines is 1. The maximum atomic E-state index is 12.7. The number of carbonyl (C=O) groups excluding carboxylic acids is 1. The number of carbonyl (C=O) groups is 1. The van der Waals surface area contributed by atoms with Gasteiger partial charge in [-0.25, -0.2) is 0 Å². The number of allylic oxidation sites excluding steroid dienone is 1. The molecule has 0 aliphatic heterocycles. The van der Waals surface area contributed by atoms with Crippen LogP contribution in [0.15, 0.2) is 54.9 Å². The van der Waals surface area contributed by atoms with Crippen molar-refractivity contribution >= 4 is 11.9 Å². The third-order valence-corrected chi connectivity index (χ3v) is 5.83. The number of pyridine rings is 2. The standard InChI is InChI=1S/C22H20N4O/c27-21(15-6-5-7-15)20-16-10-11-22(14-17(16)25-26-20,18-8-1-3-12-23-18)19-9-2-4-13-24-19/h1-4,8-13,15H,5-7,14H2,(H,25,26). The molecule has 27 heavy (non-hydrogen) atoms. The molecule has 0 saturated heterocycles. The van der Waals surface area contributed by atoms with Gasteiger partial charge in [-0.3, -0.25) is 19.9 Å². The van der Waals surface area contributed by atoms with Crippen molar-refractivity contribution in [2.75, 3.05) is 0 Å². The molecule has 3 aromatic heterocycles. The monoisotopic (exact) mass is 356 g/mol. The number of hydrogen-bond acceptors (Lipinski definition) is 4. The highest BCUT2D eigenvalue weighted by atomic mass is 16.1. The topological polar surface area (TPSA) is 71.5 Å². The molecule has 0 radical (unpaired) electrons. The Morgan fingerprint density at radius 3 is 2.30 bits per heavy atom. The Balaban J connectivity index is 1.60. The molecular weight excluding hydrogens is 336 g/mol. The van der Waals surface area contributed by atoms with Gasteiger partial charge >= 0.3 is 0 Å².